The van der Waals surface area contributed by atoms with Crippen LogP contribution in [0.5, 0.6) is 0 Å². The van der Waals surface area contributed by atoms with Crippen molar-refractivity contribution in [3.05, 3.63) is 29.8 Å². The Morgan fingerprint density at radius 2 is 1.95 bits per heavy atom. The quantitative estimate of drug-likeness (QED) is 0.858. The van der Waals surface area contributed by atoms with E-state index >= 15 is 0 Å². The maximum atomic E-state index is 12.4. The predicted octanol–water partition coefficient (Wildman–Crippen LogP) is 2.61. The first-order valence-electron chi connectivity index (χ1n) is 7.60. The molecule has 4 nitrogen and oxygen atoms in total. The second-order valence-electron chi connectivity index (χ2n) is 6.03. The number of nitrogens with zero attached hydrogens (tertiary/aromatic N) is 2. The van der Waals surface area contributed by atoms with Gasteiger partial charge in [0.05, 0.1) is 0 Å². The van der Waals surface area contributed by atoms with E-state index in [4.69, 9.17) is 0 Å². The molecule has 1 aliphatic rings. The maximum Gasteiger partial charge on any atom is 0.242 e. The average molecular weight is 288 g/mol. The lowest BCUT2D eigenvalue weighted by Crippen LogP contribution is -2.46. The van der Waals surface area contributed by atoms with Gasteiger partial charge in [-0.1, -0.05) is 24.6 Å². The van der Waals surface area contributed by atoms with Gasteiger partial charge in [0.1, 0.15) is 6.54 Å². The third-order valence-electron chi connectivity index (χ3n) is 4.03. The molecule has 1 fully saturated rings. The van der Waals surface area contributed by atoms with Crippen molar-refractivity contribution in [2.75, 3.05) is 24.5 Å². The predicted molar refractivity (Wildman–Crippen MR) is 84.2 cm³/mol. The summed E-state index contributed by atoms with van der Waals surface area (Å²) < 4.78 is 0. The number of benzene rings is 1. The third-order valence-corrected chi connectivity index (χ3v) is 4.03. The topological polar surface area (TPSA) is 40.6 Å². The number of carbonyl (C=O) groups is 2. The average Bonchev–Trinajstić information content (AvgIpc) is 2.45. The van der Waals surface area contributed by atoms with Crippen molar-refractivity contribution in [1.82, 2.24) is 4.90 Å². The van der Waals surface area contributed by atoms with Gasteiger partial charge < -0.3 is 9.80 Å². The van der Waals surface area contributed by atoms with Crippen molar-refractivity contribution in [1.29, 1.82) is 0 Å². The molecule has 1 aliphatic heterocycles. The monoisotopic (exact) mass is 288 g/mol. The first-order valence-corrected chi connectivity index (χ1v) is 7.60. The normalized spacial score (nSPS) is 18.4. The van der Waals surface area contributed by atoms with E-state index in [-0.39, 0.29) is 18.4 Å². The summed E-state index contributed by atoms with van der Waals surface area (Å²) in [6.07, 6.45) is 2.23. The van der Waals surface area contributed by atoms with Gasteiger partial charge in [-0.05, 0) is 37.8 Å². The number of hydrogen-bond donors (Lipinski definition) is 0. The third kappa shape index (κ3) is 4.06. The molecule has 1 aromatic rings. The van der Waals surface area contributed by atoms with Crippen LogP contribution in [-0.4, -0.2) is 36.3 Å². The molecule has 2 rings (SSSR count). The minimum absolute atomic E-state index is 0.0392. The van der Waals surface area contributed by atoms with Crippen molar-refractivity contribution >= 4 is 17.5 Å². The van der Waals surface area contributed by atoms with Crippen LogP contribution in [0, 0.1) is 12.8 Å². The molecule has 1 saturated heterocycles. The Balaban J connectivity index is 2.07. The summed E-state index contributed by atoms with van der Waals surface area (Å²) in [7, 11) is 0. The number of likely N-dealkylation sites (tertiary alicyclic amines) is 1. The van der Waals surface area contributed by atoms with E-state index < -0.39 is 0 Å². The first kappa shape index (κ1) is 15.5. The van der Waals surface area contributed by atoms with Crippen LogP contribution in [-0.2, 0) is 9.59 Å². The minimum atomic E-state index is -0.0998. The lowest BCUT2D eigenvalue weighted by molar-refractivity contribution is -0.132. The minimum Gasteiger partial charge on any atom is -0.341 e. The smallest absolute Gasteiger partial charge is 0.242 e. The lowest BCUT2D eigenvalue weighted by Gasteiger charge is -2.32. The zero-order valence-electron chi connectivity index (χ0n) is 13.1. The standard InChI is InChI=1S/C17H24N2O2/c1-13-6-8-16(9-7-13)19(15(3)20)12-17(21)18-10-4-5-14(2)11-18/h6-9,14H,4-5,10-12H2,1-3H3. The zero-order valence-corrected chi connectivity index (χ0v) is 13.1. The van der Waals surface area contributed by atoms with Crippen molar-refractivity contribution in [2.24, 2.45) is 5.92 Å². The highest BCUT2D eigenvalue weighted by molar-refractivity contribution is 5.97. The Morgan fingerprint density at radius 3 is 2.52 bits per heavy atom. The van der Waals surface area contributed by atoms with Crippen LogP contribution in [0.25, 0.3) is 0 Å². The van der Waals surface area contributed by atoms with Crippen molar-refractivity contribution < 1.29 is 9.59 Å². The molecule has 2 amide bonds. The van der Waals surface area contributed by atoms with Crippen LogP contribution < -0.4 is 4.90 Å². The molecule has 4 heteroatoms. The Hall–Kier alpha value is -1.84. The molecule has 21 heavy (non-hydrogen) atoms. The van der Waals surface area contributed by atoms with Gasteiger partial charge in [0.25, 0.3) is 0 Å². The Bertz CT molecular complexity index is 510. The van der Waals surface area contributed by atoms with Gasteiger partial charge in [0.2, 0.25) is 11.8 Å². The molecule has 0 radical (unpaired) electrons. The summed E-state index contributed by atoms with van der Waals surface area (Å²) in [5.74, 6) is 0.488. The molecule has 0 bridgehead atoms. The van der Waals surface area contributed by atoms with Crippen LogP contribution in [0.2, 0.25) is 0 Å². The molecule has 1 heterocycles. The molecule has 1 unspecified atom stereocenters. The van der Waals surface area contributed by atoms with E-state index in [0.717, 1.165) is 30.8 Å². The van der Waals surface area contributed by atoms with Crippen LogP contribution >= 0.6 is 0 Å². The van der Waals surface area contributed by atoms with Gasteiger partial charge in [0.15, 0.2) is 0 Å². The SMILES string of the molecule is CC(=O)N(CC(=O)N1CCCC(C)C1)c1ccc(C)cc1. The second-order valence-corrected chi connectivity index (χ2v) is 6.03. The molecule has 0 aliphatic carbocycles. The van der Waals surface area contributed by atoms with E-state index in [9.17, 15) is 9.59 Å². The maximum absolute atomic E-state index is 12.4. The molecular weight excluding hydrogens is 264 g/mol. The van der Waals surface area contributed by atoms with Crippen molar-refractivity contribution in [3.63, 3.8) is 0 Å². The fourth-order valence-electron chi connectivity index (χ4n) is 2.76. The van der Waals surface area contributed by atoms with Gasteiger partial charge in [-0.25, -0.2) is 0 Å². The number of rotatable bonds is 3. The summed E-state index contributed by atoms with van der Waals surface area (Å²) in [6, 6.07) is 7.70. The number of hydrogen-bond acceptors (Lipinski definition) is 2. The van der Waals surface area contributed by atoms with Gasteiger partial charge in [-0.15, -0.1) is 0 Å². The van der Waals surface area contributed by atoms with Gasteiger partial charge >= 0.3 is 0 Å². The fourth-order valence-corrected chi connectivity index (χ4v) is 2.76. The highest BCUT2D eigenvalue weighted by atomic mass is 16.2. The van der Waals surface area contributed by atoms with E-state index in [2.05, 4.69) is 6.92 Å². The second kappa shape index (κ2) is 6.74. The number of aryl methyl sites for hydroxylation is 1. The van der Waals surface area contributed by atoms with E-state index in [1.54, 1.807) is 4.90 Å². The number of anilines is 1. The number of carbonyl (C=O) groups excluding carboxylic acids is 2. The number of amides is 2. The molecule has 0 saturated carbocycles. The molecule has 114 valence electrons. The molecule has 1 atom stereocenters. The highest BCUT2D eigenvalue weighted by Gasteiger charge is 2.24. The lowest BCUT2D eigenvalue weighted by atomic mass is 10.0. The summed E-state index contributed by atoms with van der Waals surface area (Å²) in [4.78, 5) is 27.7. The van der Waals surface area contributed by atoms with Crippen LogP contribution in [0.4, 0.5) is 5.69 Å². The van der Waals surface area contributed by atoms with Gasteiger partial charge in [-0.2, -0.15) is 0 Å². The van der Waals surface area contributed by atoms with E-state index in [1.165, 1.54) is 13.3 Å². The van der Waals surface area contributed by atoms with Crippen LogP contribution in [0.15, 0.2) is 24.3 Å². The largest absolute Gasteiger partial charge is 0.341 e. The Kier molecular flexibility index (Phi) is 4.99. The molecule has 1 aromatic carbocycles. The molecule has 0 N–H and O–H groups in total. The highest BCUT2D eigenvalue weighted by Crippen LogP contribution is 2.18. The van der Waals surface area contributed by atoms with Crippen molar-refractivity contribution in [3.8, 4) is 0 Å². The summed E-state index contributed by atoms with van der Waals surface area (Å²) in [5, 5.41) is 0. The first-order chi connectivity index (χ1) is 9.97. The summed E-state index contributed by atoms with van der Waals surface area (Å²) in [6.45, 7) is 7.42. The Labute approximate surface area is 126 Å². The molecular formula is C17H24N2O2. The molecule has 0 aromatic heterocycles. The van der Waals surface area contributed by atoms with E-state index in [0.29, 0.717) is 5.92 Å². The Morgan fingerprint density at radius 1 is 1.29 bits per heavy atom. The van der Waals surface area contributed by atoms with Crippen LogP contribution in [0.1, 0.15) is 32.3 Å². The van der Waals surface area contributed by atoms with Crippen LogP contribution in [0.3, 0.4) is 0 Å². The van der Waals surface area contributed by atoms with E-state index in [1.807, 2.05) is 36.1 Å². The fraction of sp³-hybridized carbons (Fsp3) is 0.529. The summed E-state index contributed by atoms with van der Waals surface area (Å²) in [5.41, 5.74) is 1.92. The molecule has 0 spiro atoms. The van der Waals surface area contributed by atoms with Crippen molar-refractivity contribution in [2.45, 2.75) is 33.6 Å². The summed E-state index contributed by atoms with van der Waals surface area (Å²) >= 11 is 0. The van der Waals surface area contributed by atoms with Gasteiger partial charge in [-0.3, -0.25) is 9.59 Å². The van der Waals surface area contributed by atoms with Gasteiger partial charge in [0, 0.05) is 25.7 Å². The zero-order chi connectivity index (χ0) is 15.4. The number of piperidine rings is 1.